The van der Waals surface area contributed by atoms with Crippen molar-refractivity contribution >= 4 is 11.7 Å². The average Bonchev–Trinajstić information content (AvgIpc) is 2.76. The van der Waals surface area contributed by atoms with Gasteiger partial charge >= 0.3 is 0 Å². The van der Waals surface area contributed by atoms with E-state index >= 15 is 0 Å². The number of aromatic nitrogens is 2. The van der Waals surface area contributed by atoms with Crippen molar-refractivity contribution in [1.29, 1.82) is 0 Å². The lowest BCUT2D eigenvalue weighted by atomic mass is 10.3. The molecule has 1 amide bonds. The Balaban J connectivity index is 1.84. The summed E-state index contributed by atoms with van der Waals surface area (Å²) in [6, 6.07) is 8.95. The predicted molar refractivity (Wildman–Crippen MR) is 79.7 cm³/mol. The van der Waals surface area contributed by atoms with Crippen LogP contribution in [0.4, 0.5) is 5.82 Å². The number of nitrogens with zero attached hydrogens (tertiary/aromatic N) is 2. The third kappa shape index (κ3) is 4.24. The van der Waals surface area contributed by atoms with Crippen LogP contribution in [0.3, 0.4) is 0 Å². The molecule has 0 saturated carbocycles. The minimum Gasteiger partial charge on any atom is -0.494 e. The van der Waals surface area contributed by atoms with Crippen molar-refractivity contribution in [2.24, 2.45) is 7.05 Å². The molecule has 0 aliphatic carbocycles. The van der Waals surface area contributed by atoms with Crippen LogP contribution in [-0.2, 0) is 11.8 Å². The Morgan fingerprint density at radius 1 is 1.24 bits per heavy atom. The van der Waals surface area contributed by atoms with Gasteiger partial charge in [0.2, 0.25) is 0 Å². The molecule has 1 N–H and O–H groups in total. The first-order chi connectivity index (χ1) is 10.1. The fraction of sp³-hybridized carbons (Fsp3) is 0.333. The second-order valence-corrected chi connectivity index (χ2v) is 4.54. The second kappa shape index (κ2) is 6.78. The summed E-state index contributed by atoms with van der Waals surface area (Å²) in [5.41, 5.74) is 0.847. The van der Waals surface area contributed by atoms with Crippen molar-refractivity contribution in [2.75, 3.05) is 18.5 Å². The molecule has 0 bridgehead atoms. The van der Waals surface area contributed by atoms with E-state index in [2.05, 4.69) is 10.4 Å². The van der Waals surface area contributed by atoms with Crippen molar-refractivity contribution in [1.82, 2.24) is 9.78 Å². The zero-order chi connectivity index (χ0) is 15.2. The summed E-state index contributed by atoms with van der Waals surface area (Å²) < 4.78 is 12.4. The molecular weight excluding hydrogens is 270 g/mol. The molecule has 1 aromatic heterocycles. The second-order valence-electron chi connectivity index (χ2n) is 4.54. The number of carbonyl (C=O) groups is 1. The summed E-state index contributed by atoms with van der Waals surface area (Å²) in [5, 5.41) is 6.90. The van der Waals surface area contributed by atoms with Gasteiger partial charge in [-0.3, -0.25) is 9.48 Å². The molecule has 0 saturated heterocycles. The summed E-state index contributed by atoms with van der Waals surface area (Å²) in [6.45, 7) is 4.35. The van der Waals surface area contributed by atoms with Crippen molar-refractivity contribution in [3.8, 4) is 11.5 Å². The van der Waals surface area contributed by atoms with Gasteiger partial charge in [0.15, 0.2) is 6.61 Å². The molecule has 21 heavy (non-hydrogen) atoms. The molecular formula is C15H19N3O3. The smallest absolute Gasteiger partial charge is 0.263 e. The monoisotopic (exact) mass is 289 g/mol. The fourth-order valence-electron chi connectivity index (χ4n) is 1.85. The van der Waals surface area contributed by atoms with Crippen LogP contribution in [0.2, 0.25) is 0 Å². The van der Waals surface area contributed by atoms with E-state index in [0.717, 1.165) is 11.4 Å². The number of anilines is 1. The van der Waals surface area contributed by atoms with Crippen LogP contribution in [0.1, 0.15) is 12.6 Å². The number of benzene rings is 1. The average molecular weight is 289 g/mol. The Morgan fingerprint density at radius 3 is 2.38 bits per heavy atom. The highest BCUT2D eigenvalue weighted by atomic mass is 16.5. The number of ether oxygens (including phenoxy) is 2. The molecule has 0 fully saturated rings. The highest BCUT2D eigenvalue weighted by Crippen LogP contribution is 2.17. The Morgan fingerprint density at radius 2 is 1.86 bits per heavy atom. The van der Waals surface area contributed by atoms with Gasteiger partial charge in [0.05, 0.1) is 12.3 Å². The van der Waals surface area contributed by atoms with Crippen molar-refractivity contribution in [3.63, 3.8) is 0 Å². The normalized spacial score (nSPS) is 10.2. The molecule has 6 nitrogen and oxygen atoms in total. The lowest BCUT2D eigenvalue weighted by molar-refractivity contribution is -0.118. The van der Waals surface area contributed by atoms with E-state index in [1.165, 1.54) is 0 Å². The lowest BCUT2D eigenvalue weighted by Gasteiger charge is -2.08. The SMILES string of the molecule is CCOc1ccc(OCC(=O)Nc2cc(C)nn2C)cc1. The number of nitrogens with one attached hydrogen (secondary N) is 1. The van der Waals surface area contributed by atoms with Crippen LogP contribution in [-0.4, -0.2) is 28.9 Å². The first-order valence-corrected chi connectivity index (χ1v) is 6.74. The maximum atomic E-state index is 11.8. The van der Waals surface area contributed by atoms with Crippen LogP contribution in [0.5, 0.6) is 11.5 Å². The van der Waals surface area contributed by atoms with Crippen LogP contribution in [0.25, 0.3) is 0 Å². The van der Waals surface area contributed by atoms with Gasteiger partial charge in [-0.05, 0) is 38.1 Å². The van der Waals surface area contributed by atoms with Crippen LogP contribution in [0, 0.1) is 6.92 Å². The minimum absolute atomic E-state index is 0.0573. The standard InChI is InChI=1S/C15H19N3O3/c1-4-20-12-5-7-13(8-6-12)21-10-15(19)16-14-9-11(2)17-18(14)3/h5-9H,4,10H2,1-3H3,(H,16,19). The maximum Gasteiger partial charge on any atom is 0.263 e. The van der Waals surface area contributed by atoms with E-state index < -0.39 is 0 Å². The number of rotatable bonds is 6. The first kappa shape index (κ1) is 14.9. The van der Waals surface area contributed by atoms with Crippen LogP contribution < -0.4 is 14.8 Å². The molecule has 0 aliphatic heterocycles. The Bertz CT molecular complexity index is 605. The Hall–Kier alpha value is -2.50. The maximum absolute atomic E-state index is 11.8. The number of hydrogen-bond donors (Lipinski definition) is 1. The molecule has 1 aromatic carbocycles. The van der Waals surface area contributed by atoms with E-state index in [1.807, 2.05) is 13.8 Å². The first-order valence-electron chi connectivity index (χ1n) is 6.74. The zero-order valence-electron chi connectivity index (χ0n) is 12.4. The highest BCUT2D eigenvalue weighted by Gasteiger charge is 2.07. The molecule has 0 unspecified atom stereocenters. The van der Waals surface area contributed by atoms with Gasteiger partial charge in [0.25, 0.3) is 5.91 Å². The number of amides is 1. The van der Waals surface area contributed by atoms with Crippen molar-refractivity contribution in [3.05, 3.63) is 36.0 Å². The minimum atomic E-state index is -0.230. The van der Waals surface area contributed by atoms with Crippen LogP contribution in [0.15, 0.2) is 30.3 Å². The van der Waals surface area contributed by atoms with Crippen molar-refractivity contribution in [2.45, 2.75) is 13.8 Å². The molecule has 0 aliphatic rings. The summed E-state index contributed by atoms with van der Waals surface area (Å²) in [5.74, 6) is 1.81. The summed E-state index contributed by atoms with van der Waals surface area (Å²) in [6.07, 6.45) is 0. The summed E-state index contributed by atoms with van der Waals surface area (Å²) >= 11 is 0. The molecule has 0 atom stereocenters. The van der Waals surface area contributed by atoms with Gasteiger partial charge in [-0.15, -0.1) is 0 Å². The van der Waals surface area contributed by atoms with E-state index in [1.54, 1.807) is 42.1 Å². The molecule has 6 heteroatoms. The molecule has 1 heterocycles. The van der Waals surface area contributed by atoms with Gasteiger partial charge in [-0.1, -0.05) is 0 Å². The van der Waals surface area contributed by atoms with Gasteiger partial charge in [-0.2, -0.15) is 5.10 Å². The van der Waals surface area contributed by atoms with Gasteiger partial charge in [0, 0.05) is 13.1 Å². The largest absolute Gasteiger partial charge is 0.494 e. The summed E-state index contributed by atoms with van der Waals surface area (Å²) in [7, 11) is 1.77. The highest BCUT2D eigenvalue weighted by molar-refractivity contribution is 5.91. The molecule has 2 rings (SSSR count). The number of aryl methyl sites for hydroxylation is 2. The van der Waals surface area contributed by atoms with Gasteiger partial charge < -0.3 is 14.8 Å². The van der Waals surface area contributed by atoms with E-state index in [4.69, 9.17) is 9.47 Å². The number of hydrogen-bond acceptors (Lipinski definition) is 4. The quantitative estimate of drug-likeness (QED) is 0.885. The molecule has 0 spiro atoms. The third-order valence-corrected chi connectivity index (χ3v) is 2.77. The van der Waals surface area contributed by atoms with Gasteiger partial charge in [0.1, 0.15) is 17.3 Å². The fourth-order valence-corrected chi connectivity index (χ4v) is 1.85. The molecule has 2 aromatic rings. The topological polar surface area (TPSA) is 65.4 Å². The lowest BCUT2D eigenvalue weighted by Crippen LogP contribution is -2.21. The van der Waals surface area contributed by atoms with Crippen molar-refractivity contribution < 1.29 is 14.3 Å². The van der Waals surface area contributed by atoms with E-state index in [-0.39, 0.29) is 12.5 Å². The Kier molecular flexibility index (Phi) is 4.81. The molecule has 0 radical (unpaired) electrons. The van der Waals surface area contributed by atoms with E-state index in [9.17, 15) is 4.79 Å². The predicted octanol–water partition coefficient (Wildman–Crippen LogP) is 2.14. The van der Waals surface area contributed by atoms with Crippen LogP contribution >= 0.6 is 0 Å². The molecule has 112 valence electrons. The van der Waals surface area contributed by atoms with E-state index in [0.29, 0.717) is 18.2 Å². The number of carbonyl (C=O) groups excluding carboxylic acids is 1. The zero-order valence-corrected chi connectivity index (χ0v) is 12.4. The third-order valence-electron chi connectivity index (χ3n) is 2.77. The Labute approximate surface area is 123 Å². The van der Waals surface area contributed by atoms with Gasteiger partial charge in [-0.25, -0.2) is 0 Å². The summed E-state index contributed by atoms with van der Waals surface area (Å²) in [4.78, 5) is 11.8.